The average molecular weight is 614 g/mol. The Hall–Kier alpha value is -3.90. The van der Waals surface area contributed by atoms with Crippen molar-refractivity contribution in [1.82, 2.24) is 5.32 Å². The van der Waals surface area contributed by atoms with Gasteiger partial charge in [-0.25, -0.2) is 4.79 Å². The van der Waals surface area contributed by atoms with Crippen LogP contribution in [0.1, 0.15) is 100 Å². The Morgan fingerprint density at radius 2 is 1.27 bits per heavy atom. The van der Waals surface area contributed by atoms with E-state index in [1.165, 1.54) is 51.4 Å². The first-order valence-corrected chi connectivity index (χ1v) is 16.6. The first-order chi connectivity index (χ1) is 22.1. The topological polar surface area (TPSA) is 73.9 Å². The van der Waals surface area contributed by atoms with Crippen molar-refractivity contribution >= 4 is 11.9 Å². The number of unbranched alkanes of at least 4 members (excludes halogenated alkanes) is 9. The molecule has 1 amide bonds. The number of hydrogen-bond donors (Lipinski definition) is 1. The number of ketones is 1. The van der Waals surface area contributed by atoms with Crippen LogP contribution in [0.5, 0.6) is 5.75 Å². The zero-order valence-corrected chi connectivity index (χ0v) is 27.1. The van der Waals surface area contributed by atoms with Crippen molar-refractivity contribution in [2.75, 3.05) is 7.11 Å². The van der Waals surface area contributed by atoms with Crippen LogP contribution >= 0.6 is 0 Å². The number of rotatable bonds is 22. The van der Waals surface area contributed by atoms with E-state index in [1.54, 1.807) is 19.3 Å². The molecule has 0 radical (unpaired) electrons. The summed E-state index contributed by atoms with van der Waals surface area (Å²) in [6, 6.07) is 26.2. The fourth-order valence-electron chi connectivity index (χ4n) is 5.16. The number of allylic oxidation sites excluding steroid dienone is 1. The Balaban J connectivity index is 1.65. The van der Waals surface area contributed by atoms with Gasteiger partial charge in [-0.3, -0.25) is 4.79 Å². The van der Waals surface area contributed by atoms with Crippen molar-refractivity contribution in [3.8, 4) is 5.75 Å². The minimum atomic E-state index is -0.625. The maximum atomic E-state index is 13.1. The molecule has 242 valence electrons. The minimum absolute atomic E-state index is 0.0583. The molecular weight excluding hydrogens is 562 g/mol. The van der Waals surface area contributed by atoms with Gasteiger partial charge in [-0.2, -0.15) is 0 Å². The third-order valence-electron chi connectivity index (χ3n) is 7.82. The Labute approximate surface area is 270 Å². The SMILES string of the molecule is CCCCCCCCCCCCC(=O)/C=C/[C@H](OCc1ccccc1)[C@H](NC(=O)OCc1ccccc1)c1ccc(OC)cc1. The van der Waals surface area contributed by atoms with Gasteiger partial charge in [-0.05, 0) is 47.4 Å². The fourth-order valence-corrected chi connectivity index (χ4v) is 5.16. The van der Waals surface area contributed by atoms with E-state index < -0.39 is 18.2 Å². The van der Waals surface area contributed by atoms with Crippen molar-refractivity contribution in [3.63, 3.8) is 0 Å². The van der Waals surface area contributed by atoms with Gasteiger partial charge in [-0.15, -0.1) is 0 Å². The smallest absolute Gasteiger partial charge is 0.408 e. The molecule has 0 spiro atoms. The summed E-state index contributed by atoms with van der Waals surface area (Å²) in [7, 11) is 1.61. The highest BCUT2D eigenvalue weighted by atomic mass is 16.5. The lowest BCUT2D eigenvalue weighted by Gasteiger charge is -2.26. The largest absolute Gasteiger partial charge is 0.497 e. The molecular formula is C39H51NO5. The van der Waals surface area contributed by atoms with Crippen LogP contribution in [0.15, 0.2) is 97.1 Å². The standard InChI is InChI=1S/C39H51NO5/c1-3-4-5-6-7-8-9-10-11-18-23-35(41)26-29-37(44-30-32-19-14-12-15-20-32)38(34-24-27-36(43-2)28-25-34)40-39(42)45-31-33-21-16-13-17-22-33/h12-17,19-22,24-29,37-38H,3-11,18,23,30-31H2,1-2H3,(H,40,42)/b29-26+/t37-,38+/m0/s1. The number of nitrogens with one attached hydrogen (secondary N) is 1. The highest BCUT2D eigenvalue weighted by Crippen LogP contribution is 2.25. The van der Waals surface area contributed by atoms with Crippen LogP contribution < -0.4 is 10.1 Å². The van der Waals surface area contributed by atoms with Gasteiger partial charge in [-0.1, -0.05) is 138 Å². The van der Waals surface area contributed by atoms with E-state index in [9.17, 15) is 9.59 Å². The van der Waals surface area contributed by atoms with Gasteiger partial charge in [0.15, 0.2) is 5.78 Å². The maximum absolute atomic E-state index is 13.1. The van der Waals surface area contributed by atoms with Crippen LogP contribution in [0, 0.1) is 0 Å². The molecule has 0 aromatic heterocycles. The first kappa shape index (κ1) is 35.6. The van der Waals surface area contributed by atoms with Crippen molar-refractivity contribution < 1.29 is 23.8 Å². The predicted molar refractivity (Wildman–Crippen MR) is 181 cm³/mol. The van der Waals surface area contributed by atoms with E-state index in [-0.39, 0.29) is 12.4 Å². The maximum Gasteiger partial charge on any atom is 0.408 e. The van der Waals surface area contributed by atoms with Crippen LogP contribution in [0.25, 0.3) is 0 Å². The van der Waals surface area contributed by atoms with E-state index in [4.69, 9.17) is 14.2 Å². The van der Waals surface area contributed by atoms with E-state index in [2.05, 4.69) is 12.2 Å². The molecule has 45 heavy (non-hydrogen) atoms. The Morgan fingerprint density at radius 3 is 1.84 bits per heavy atom. The summed E-state index contributed by atoms with van der Waals surface area (Å²) in [4.78, 5) is 26.0. The number of carbonyl (C=O) groups is 2. The van der Waals surface area contributed by atoms with Gasteiger partial charge >= 0.3 is 6.09 Å². The van der Waals surface area contributed by atoms with Crippen LogP contribution in [0.3, 0.4) is 0 Å². The number of amides is 1. The molecule has 1 N–H and O–H groups in total. The zero-order chi connectivity index (χ0) is 32.0. The molecule has 0 bridgehead atoms. The number of ether oxygens (including phenoxy) is 3. The summed E-state index contributed by atoms with van der Waals surface area (Å²) in [5.74, 6) is 0.760. The summed E-state index contributed by atoms with van der Waals surface area (Å²) in [5, 5.41) is 3.00. The van der Waals surface area contributed by atoms with Crippen LogP contribution in [0.2, 0.25) is 0 Å². The molecule has 0 aliphatic heterocycles. The minimum Gasteiger partial charge on any atom is -0.497 e. The van der Waals surface area contributed by atoms with E-state index >= 15 is 0 Å². The second kappa shape index (κ2) is 21.7. The number of hydrogen-bond acceptors (Lipinski definition) is 5. The van der Waals surface area contributed by atoms with Crippen molar-refractivity contribution in [3.05, 3.63) is 114 Å². The predicted octanol–water partition coefficient (Wildman–Crippen LogP) is 9.68. The lowest BCUT2D eigenvalue weighted by atomic mass is 9.99. The number of carbonyl (C=O) groups excluding carboxylic acids is 2. The summed E-state index contributed by atoms with van der Waals surface area (Å²) >= 11 is 0. The molecule has 3 aromatic rings. The Morgan fingerprint density at radius 1 is 0.711 bits per heavy atom. The van der Waals surface area contributed by atoms with Gasteiger partial charge in [0.25, 0.3) is 0 Å². The third kappa shape index (κ3) is 14.6. The van der Waals surface area contributed by atoms with Crippen molar-refractivity contribution in [2.45, 2.75) is 103 Å². The lowest BCUT2D eigenvalue weighted by Crippen LogP contribution is -2.37. The number of alkyl carbamates (subject to hydrolysis) is 1. The van der Waals surface area contributed by atoms with Crippen LogP contribution in [-0.4, -0.2) is 25.1 Å². The molecule has 2 atom stereocenters. The molecule has 0 aliphatic carbocycles. The summed E-state index contributed by atoms with van der Waals surface area (Å²) in [6.45, 7) is 2.70. The van der Waals surface area contributed by atoms with E-state index in [0.29, 0.717) is 18.8 Å². The molecule has 3 aromatic carbocycles. The molecule has 6 heteroatoms. The molecule has 0 heterocycles. The molecule has 3 rings (SSSR count). The zero-order valence-electron chi connectivity index (χ0n) is 27.1. The quantitative estimate of drug-likeness (QED) is 0.0902. The Kier molecular flexibility index (Phi) is 17.2. The monoisotopic (exact) mass is 613 g/mol. The Bertz CT molecular complexity index is 1240. The number of methoxy groups -OCH3 is 1. The normalized spacial score (nSPS) is 12.5. The van der Waals surface area contributed by atoms with Gasteiger partial charge in [0.05, 0.1) is 19.8 Å². The number of benzene rings is 3. The van der Waals surface area contributed by atoms with Gasteiger partial charge < -0.3 is 19.5 Å². The summed E-state index contributed by atoms with van der Waals surface area (Å²) in [6.07, 6.45) is 14.9. The molecule has 0 saturated heterocycles. The second-order valence-electron chi connectivity index (χ2n) is 11.5. The molecule has 6 nitrogen and oxygen atoms in total. The molecule has 0 unspecified atom stereocenters. The lowest BCUT2D eigenvalue weighted by molar-refractivity contribution is -0.114. The van der Waals surface area contributed by atoms with Gasteiger partial charge in [0, 0.05) is 6.42 Å². The highest BCUT2D eigenvalue weighted by Gasteiger charge is 2.25. The average Bonchev–Trinajstić information content (AvgIpc) is 3.08. The molecule has 0 fully saturated rings. The van der Waals surface area contributed by atoms with Crippen LogP contribution in [0.4, 0.5) is 4.79 Å². The third-order valence-corrected chi connectivity index (χ3v) is 7.82. The van der Waals surface area contributed by atoms with Crippen molar-refractivity contribution in [2.24, 2.45) is 0 Å². The van der Waals surface area contributed by atoms with Crippen molar-refractivity contribution in [1.29, 1.82) is 0 Å². The molecule has 0 saturated carbocycles. The van der Waals surface area contributed by atoms with E-state index in [1.807, 2.05) is 84.9 Å². The fraction of sp³-hybridized carbons (Fsp3) is 0.436. The molecule has 0 aliphatic rings. The first-order valence-electron chi connectivity index (χ1n) is 16.6. The van der Waals surface area contributed by atoms with Gasteiger partial charge in [0.2, 0.25) is 0 Å². The van der Waals surface area contributed by atoms with E-state index in [0.717, 1.165) is 29.5 Å². The van der Waals surface area contributed by atoms with Crippen LogP contribution in [-0.2, 0) is 27.5 Å². The van der Waals surface area contributed by atoms with Gasteiger partial charge in [0.1, 0.15) is 18.5 Å². The second-order valence-corrected chi connectivity index (χ2v) is 11.5. The summed E-state index contributed by atoms with van der Waals surface area (Å²) in [5.41, 5.74) is 2.69. The highest BCUT2D eigenvalue weighted by molar-refractivity contribution is 5.89. The summed E-state index contributed by atoms with van der Waals surface area (Å²) < 4.78 is 17.3.